The Hall–Kier alpha value is -1.99. The van der Waals surface area contributed by atoms with Crippen molar-refractivity contribution in [3.05, 3.63) is 53.2 Å². The summed E-state index contributed by atoms with van der Waals surface area (Å²) in [6, 6.07) is 9.95. The smallest absolute Gasteiger partial charge is 0.246 e. The molecule has 7 heteroatoms. The summed E-state index contributed by atoms with van der Waals surface area (Å²) in [6.45, 7) is 0. The summed E-state index contributed by atoms with van der Waals surface area (Å²) < 4.78 is 37.7. The Kier molecular flexibility index (Phi) is 5.81. The van der Waals surface area contributed by atoms with Gasteiger partial charge >= 0.3 is 0 Å². The highest BCUT2D eigenvalue weighted by atomic mass is 32.2. The second-order valence-electron chi connectivity index (χ2n) is 6.83. The largest absolute Gasteiger partial charge is 0.338 e. The van der Waals surface area contributed by atoms with E-state index in [0.29, 0.717) is 18.4 Å². The van der Waals surface area contributed by atoms with Crippen molar-refractivity contribution in [2.75, 3.05) is 13.3 Å². The number of hydrogen-bond acceptors (Lipinski definition) is 4. The quantitative estimate of drug-likeness (QED) is 0.704. The molecule has 1 saturated carbocycles. The molecule has 0 bridgehead atoms. The molecule has 1 aromatic heterocycles. The highest BCUT2D eigenvalue weighted by Gasteiger charge is 2.38. The topological polar surface area (TPSA) is 54.5 Å². The summed E-state index contributed by atoms with van der Waals surface area (Å²) >= 11 is 1.40. The molecule has 144 valence electrons. The lowest BCUT2D eigenvalue weighted by Gasteiger charge is -2.27. The van der Waals surface area contributed by atoms with E-state index in [9.17, 15) is 17.6 Å². The number of sulfone groups is 1. The fourth-order valence-corrected chi connectivity index (χ4v) is 5.95. The first-order valence-electron chi connectivity index (χ1n) is 8.76. The number of nitrogens with zero attached hydrogens (tertiary/aromatic N) is 1. The van der Waals surface area contributed by atoms with Gasteiger partial charge in [-0.15, -0.1) is 11.3 Å². The summed E-state index contributed by atoms with van der Waals surface area (Å²) in [5, 5.41) is -0.491. The maximum atomic E-state index is 13.9. The van der Waals surface area contributed by atoms with Crippen LogP contribution in [0.15, 0.2) is 42.5 Å². The van der Waals surface area contributed by atoms with E-state index in [1.54, 1.807) is 31.3 Å². The second-order valence-corrected chi connectivity index (χ2v) is 10.2. The molecule has 2 atom stereocenters. The van der Waals surface area contributed by atoms with Crippen LogP contribution in [0.1, 0.15) is 24.1 Å². The van der Waals surface area contributed by atoms with Crippen LogP contribution in [-0.4, -0.2) is 43.8 Å². The minimum absolute atomic E-state index is 0.226. The molecule has 1 aliphatic rings. The van der Waals surface area contributed by atoms with Crippen molar-refractivity contribution in [2.24, 2.45) is 0 Å². The van der Waals surface area contributed by atoms with Gasteiger partial charge in [-0.1, -0.05) is 18.2 Å². The maximum absolute atomic E-state index is 13.9. The summed E-state index contributed by atoms with van der Waals surface area (Å²) in [5.74, 6) is -0.505. The minimum Gasteiger partial charge on any atom is -0.338 e. The van der Waals surface area contributed by atoms with E-state index in [1.807, 2.05) is 12.1 Å². The van der Waals surface area contributed by atoms with Crippen LogP contribution in [0.2, 0.25) is 0 Å². The molecular formula is C20H22FNO3S2. The molecule has 1 aromatic carbocycles. The normalized spacial score (nSPS) is 20.3. The molecule has 1 heterocycles. The van der Waals surface area contributed by atoms with Gasteiger partial charge in [-0.2, -0.15) is 0 Å². The van der Waals surface area contributed by atoms with Gasteiger partial charge in [0.1, 0.15) is 5.82 Å². The molecule has 1 amide bonds. The first-order chi connectivity index (χ1) is 12.8. The van der Waals surface area contributed by atoms with Gasteiger partial charge in [-0.05, 0) is 43.5 Å². The van der Waals surface area contributed by atoms with Crippen LogP contribution in [0.3, 0.4) is 0 Å². The standard InChI is InChI=1S/C20H22FNO3S2/c1-22(17-8-5-9-19(17)27(2,24)25)20(23)13-11-14-10-12-18(26-14)15-6-3-4-7-16(15)21/h3-4,6-7,10-13,17,19H,5,8-9H2,1-2H3/b13-11+/t17-,19+/m1/s1. The van der Waals surface area contributed by atoms with Crippen LogP contribution in [-0.2, 0) is 14.6 Å². The maximum Gasteiger partial charge on any atom is 0.246 e. The molecule has 27 heavy (non-hydrogen) atoms. The number of carbonyl (C=O) groups is 1. The van der Waals surface area contributed by atoms with Crippen molar-refractivity contribution in [1.82, 2.24) is 4.90 Å². The van der Waals surface area contributed by atoms with E-state index >= 15 is 0 Å². The highest BCUT2D eigenvalue weighted by Crippen LogP contribution is 2.31. The third-order valence-corrected chi connectivity index (χ3v) is 7.70. The molecule has 0 saturated heterocycles. The van der Waals surface area contributed by atoms with E-state index in [0.717, 1.165) is 16.2 Å². The molecular weight excluding hydrogens is 385 g/mol. The van der Waals surface area contributed by atoms with Crippen molar-refractivity contribution in [3.8, 4) is 10.4 Å². The molecule has 0 N–H and O–H groups in total. The van der Waals surface area contributed by atoms with Crippen LogP contribution in [0.5, 0.6) is 0 Å². The number of benzene rings is 1. The van der Waals surface area contributed by atoms with Crippen molar-refractivity contribution in [3.63, 3.8) is 0 Å². The van der Waals surface area contributed by atoms with E-state index in [2.05, 4.69) is 0 Å². The third-order valence-electron chi connectivity index (χ3n) is 4.97. The van der Waals surface area contributed by atoms with Crippen LogP contribution in [0, 0.1) is 5.82 Å². The predicted molar refractivity (Wildman–Crippen MR) is 108 cm³/mol. The molecule has 0 aliphatic heterocycles. The minimum atomic E-state index is -3.18. The van der Waals surface area contributed by atoms with Crippen molar-refractivity contribution in [1.29, 1.82) is 0 Å². The van der Waals surface area contributed by atoms with Crippen LogP contribution in [0.4, 0.5) is 4.39 Å². The van der Waals surface area contributed by atoms with E-state index in [4.69, 9.17) is 0 Å². The molecule has 1 fully saturated rings. The van der Waals surface area contributed by atoms with E-state index in [1.165, 1.54) is 34.6 Å². The van der Waals surface area contributed by atoms with Gasteiger partial charge in [-0.25, -0.2) is 12.8 Å². The second kappa shape index (κ2) is 7.94. The van der Waals surface area contributed by atoms with Gasteiger partial charge in [0.2, 0.25) is 5.91 Å². The molecule has 0 radical (unpaired) electrons. The molecule has 2 aromatic rings. The van der Waals surface area contributed by atoms with Gasteiger partial charge in [-0.3, -0.25) is 4.79 Å². The SMILES string of the molecule is CN(C(=O)/C=C/c1ccc(-c2ccccc2F)s1)[C@@H]1CCC[C@@H]1S(C)(=O)=O. The number of hydrogen-bond donors (Lipinski definition) is 0. The number of likely N-dealkylation sites (N-methyl/N-ethyl adjacent to an activating group) is 1. The van der Waals surface area contributed by atoms with Gasteiger partial charge in [0.25, 0.3) is 0 Å². The van der Waals surface area contributed by atoms with Crippen LogP contribution < -0.4 is 0 Å². The van der Waals surface area contributed by atoms with Crippen LogP contribution >= 0.6 is 11.3 Å². The summed E-state index contributed by atoms with van der Waals surface area (Å²) in [5.41, 5.74) is 0.535. The zero-order valence-corrected chi connectivity index (χ0v) is 16.9. The number of thiophene rings is 1. The van der Waals surface area contributed by atoms with Gasteiger partial charge < -0.3 is 4.90 Å². The molecule has 0 unspecified atom stereocenters. The molecule has 3 rings (SSSR count). The lowest BCUT2D eigenvalue weighted by molar-refractivity contribution is -0.126. The average Bonchev–Trinajstić information content (AvgIpc) is 3.28. The van der Waals surface area contributed by atoms with Gasteiger partial charge in [0.15, 0.2) is 9.84 Å². The lowest BCUT2D eigenvalue weighted by atomic mass is 10.2. The fourth-order valence-electron chi connectivity index (χ4n) is 3.53. The number of carbonyl (C=O) groups excluding carboxylic acids is 1. The molecule has 0 spiro atoms. The summed E-state index contributed by atoms with van der Waals surface area (Å²) in [6.07, 6.45) is 6.49. The zero-order valence-electron chi connectivity index (χ0n) is 15.3. The molecule has 1 aliphatic carbocycles. The number of halogens is 1. The highest BCUT2D eigenvalue weighted by molar-refractivity contribution is 7.91. The van der Waals surface area contributed by atoms with E-state index < -0.39 is 15.1 Å². The Morgan fingerprint density at radius 3 is 2.67 bits per heavy atom. The predicted octanol–water partition coefficient (Wildman–Crippen LogP) is 3.99. The summed E-state index contributed by atoms with van der Waals surface area (Å²) in [7, 11) is -1.53. The Bertz CT molecular complexity index is 965. The van der Waals surface area contributed by atoms with Gasteiger partial charge in [0, 0.05) is 40.7 Å². The average molecular weight is 408 g/mol. The first kappa shape index (κ1) is 19.8. The van der Waals surface area contributed by atoms with Crippen molar-refractivity contribution >= 4 is 33.2 Å². The van der Waals surface area contributed by atoms with Gasteiger partial charge in [0.05, 0.1) is 5.25 Å². The Morgan fingerprint density at radius 1 is 1.22 bits per heavy atom. The van der Waals surface area contributed by atoms with E-state index in [-0.39, 0.29) is 17.8 Å². The number of amides is 1. The third kappa shape index (κ3) is 4.47. The van der Waals surface area contributed by atoms with Crippen LogP contribution in [0.25, 0.3) is 16.5 Å². The lowest BCUT2D eigenvalue weighted by Crippen LogP contribution is -2.43. The molecule has 4 nitrogen and oxygen atoms in total. The Balaban J connectivity index is 1.71. The Labute approximate surface area is 163 Å². The Morgan fingerprint density at radius 2 is 1.96 bits per heavy atom. The first-order valence-corrected chi connectivity index (χ1v) is 11.5. The summed E-state index contributed by atoms with van der Waals surface area (Å²) in [4.78, 5) is 15.7. The van der Waals surface area contributed by atoms with Crippen molar-refractivity contribution < 1.29 is 17.6 Å². The monoisotopic (exact) mass is 407 g/mol. The number of rotatable bonds is 5. The fraction of sp³-hybridized carbons (Fsp3) is 0.350. The zero-order chi connectivity index (χ0) is 19.6. The van der Waals surface area contributed by atoms with Crippen molar-refractivity contribution in [2.45, 2.75) is 30.6 Å².